The molecule has 1 heterocycles. The Bertz CT molecular complexity index is 1110. The maximum Gasteiger partial charge on any atom is 0.261 e. The molecular formula is C15H19ClN4O5S2. The van der Waals surface area contributed by atoms with Gasteiger partial charge in [0.2, 0.25) is 5.95 Å². The van der Waals surface area contributed by atoms with Gasteiger partial charge in [-0.2, -0.15) is 10.1 Å². The molecule has 1 amide bonds. The summed E-state index contributed by atoms with van der Waals surface area (Å²) in [7, 11) is -4.98. The summed E-state index contributed by atoms with van der Waals surface area (Å²) in [4.78, 5) is 16.9. The summed E-state index contributed by atoms with van der Waals surface area (Å²) in [6.07, 6.45) is 2.13. The minimum atomic E-state index is -4.08. The molecular weight excluding hydrogens is 416 g/mol. The number of sulfone groups is 2. The van der Waals surface area contributed by atoms with Gasteiger partial charge in [0.25, 0.3) is 5.91 Å². The van der Waals surface area contributed by atoms with E-state index in [0.717, 1.165) is 17.2 Å². The summed E-state index contributed by atoms with van der Waals surface area (Å²) < 4.78 is 51.0. The lowest BCUT2D eigenvalue weighted by molar-refractivity contribution is 0.0990. The quantitative estimate of drug-likeness (QED) is 0.696. The van der Waals surface area contributed by atoms with Crippen LogP contribution in [0.25, 0.3) is 0 Å². The molecule has 1 aromatic heterocycles. The Hall–Kier alpha value is -1.98. The van der Waals surface area contributed by atoms with Crippen molar-refractivity contribution in [2.75, 3.05) is 18.2 Å². The minimum absolute atomic E-state index is 0.159. The average molecular weight is 435 g/mol. The van der Waals surface area contributed by atoms with E-state index in [0.29, 0.717) is 0 Å². The first-order valence-electron chi connectivity index (χ1n) is 7.68. The van der Waals surface area contributed by atoms with Crippen LogP contribution in [0.4, 0.5) is 5.95 Å². The second kappa shape index (κ2) is 7.21. The molecule has 0 atom stereocenters. The maximum absolute atomic E-state index is 12.8. The monoisotopic (exact) mass is 434 g/mol. The largest absolute Gasteiger partial charge is 0.280 e. The van der Waals surface area contributed by atoms with Gasteiger partial charge in [-0.25, -0.2) is 21.5 Å². The molecule has 0 spiro atoms. The van der Waals surface area contributed by atoms with E-state index in [2.05, 4.69) is 10.1 Å². The van der Waals surface area contributed by atoms with Crippen LogP contribution in [-0.2, 0) is 26.7 Å². The minimum Gasteiger partial charge on any atom is -0.280 e. The van der Waals surface area contributed by atoms with Crippen molar-refractivity contribution in [3.8, 4) is 0 Å². The highest BCUT2D eigenvalue weighted by Gasteiger charge is 2.33. The summed E-state index contributed by atoms with van der Waals surface area (Å²) in [6.45, 7) is 2.80. The van der Waals surface area contributed by atoms with E-state index >= 15 is 0 Å². The molecule has 0 fully saturated rings. The fourth-order valence-corrected chi connectivity index (χ4v) is 5.72. The van der Waals surface area contributed by atoms with Crippen LogP contribution in [0.3, 0.4) is 0 Å². The van der Waals surface area contributed by atoms with Crippen molar-refractivity contribution < 1.29 is 21.6 Å². The van der Waals surface area contributed by atoms with Gasteiger partial charge in [0, 0.05) is 20.4 Å². The Labute approximate surface area is 162 Å². The first-order chi connectivity index (χ1) is 12.3. The summed E-state index contributed by atoms with van der Waals surface area (Å²) in [5, 5.41) is 2.49. The molecule has 0 aliphatic carbocycles. The molecule has 2 aromatic rings. The highest BCUT2D eigenvalue weighted by atomic mass is 35.5. The average Bonchev–Trinajstić information content (AvgIpc) is 2.97. The molecule has 0 radical (unpaired) electrons. The van der Waals surface area contributed by atoms with Crippen LogP contribution >= 0.6 is 11.6 Å². The van der Waals surface area contributed by atoms with Gasteiger partial charge in [-0.3, -0.25) is 9.69 Å². The van der Waals surface area contributed by atoms with E-state index < -0.39 is 45.6 Å². The Morgan fingerprint density at radius 3 is 2.26 bits per heavy atom. The smallest absolute Gasteiger partial charge is 0.261 e. The SMILES string of the molecule is CC(C)S(=O)(=O)c1c(S(C)(=O)=O)ccc(C(=O)N(C)c2ncnn2C)c1Cl. The number of benzene rings is 1. The van der Waals surface area contributed by atoms with Gasteiger partial charge in [-0.05, 0) is 26.0 Å². The van der Waals surface area contributed by atoms with Crippen molar-refractivity contribution in [2.45, 2.75) is 28.9 Å². The number of aromatic nitrogens is 3. The number of hydrogen-bond acceptors (Lipinski definition) is 7. The third kappa shape index (κ3) is 3.85. The first-order valence-corrected chi connectivity index (χ1v) is 11.5. The number of nitrogens with zero attached hydrogens (tertiary/aromatic N) is 4. The predicted octanol–water partition coefficient (Wildman–Crippen LogP) is 1.33. The van der Waals surface area contributed by atoms with E-state index in [-0.39, 0.29) is 11.5 Å². The Balaban J connectivity index is 2.75. The normalized spacial score (nSPS) is 12.4. The molecule has 9 nitrogen and oxygen atoms in total. The van der Waals surface area contributed by atoms with E-state index in [1.54, 1.807) is 7.05 Å². The fraction of sp³-hybridized carbons (Fsp3) is 0.400. The molecule has 0 saturated heterocycles. The second-order valence-electron chi connectivity index (χ2n) is 6.17. The molecule has 0 N–H and O–H groups in total. The van der Waals surface area contributed by atoms with Crippen molar-refractivity contribution in [1.29, 1.82) is 0 Å². The zero-order chi connectivity index (χ0) is 20.7. The number of carbonyl (C=O) groups excluding carboxylic acids is 1. The predicted molar refractivity (Wildman–Crippen MR) is 101 cm³/mol. The molecule has 0 aliphatic rings. The van der Waals surface area contributed by atoms with Crippen molar-refractivity contribution in [3.05, 3.63) is 29.0 Å². The first kappa shape index (κ1) is 21.3. The van der Waals surface area contributed by atoms with Crippen LogP contribution in [0.5, 0.6) is 0 Å². The molecule has 0 bridgehead atoms. The summed E-state index contributed by atoms with van der Waals surface area (Å²) in [6, 6.07) is 2.27. The molecule has 12 heteroatoms. The summed E-state index contributed by atoms with van der Waals surface area (Å²) >= 11 is 6.25. The van der Waals surface area contributed by atoms with Crippen LogP contribution in [-0.4, -0.2) is 56.1 Å². The third-order valence-corrected chi connectivity index (χ3v) is 7.90. The van der Waals surface area contributed by atoms with Crippen molar-refractivity contribution in [2.24, 2.45) is 7.05 Å². The summed E-state index contributed by atoms with van der Waals surface area (Å²) in [5.41, 5.74) is -0.159. The maximum atomic E-state index is 12.8. The lowest BCUT2D eigenvalue weighted by Crippen LogP contribution is -2.30. The third-order valence-electron chi connectivity index (χ3n) is 3.89. The lowest BCUT2D eigenvalue weighted by atomic mass is 10.2. The second-order valence-corrected chi connectivity index (χ2v) is 11.0. The molecule has 2 rings (SSSR count). The number of hydrogen-bond donors (Lipinski definition) is 0. The Kier molecular flexibility index (Phi) is 5.69. The lowest BCUT2D eigenvalue weighted by Gasteiger charge is -2.19. The highest BCUT2D eigenvalue weighted by molar-refractivity contribution is 7.94. The number of aryl methyl sites for hydroxylation is 1. The summed E-state index contributed by atoms with van der Waals surface area (Å²) in [5.74, 6) is -0.451. The molecule has 0 unspecified atom stereocenters. The van der Waals surface area contributed by atoms with Gasteiger partial charge in [0.1, 0.15) is 11.2 Å². The van der Waals surface area contributed by atoms with Crippen LogP contribution in [0.2, 0.25) is 5.02 Å². The number of amides is 1. The fourth-order valence-electron chi connectivity index (χ4n) is 2.36. The van der Waals surface area contributed by atoms with Crippen LogP contribution < -0.4 is 4.90 Å². The van der Waals surface area contributed by atoms with E-state index in [1.807, 2.05) is 0 Å². The molecule has 0 saturated carbocycles. The van der Waals surface area contributed by atoms with Gasteiger partial charge < -0.3 is 0 Å². The Morgan fingerprint density at radius 2 is 1.81 bits per heavy atom. The van der Waals surface area contributed by atoms with Crippen molar-refractivity contribution in [1.82, 2.24) is 14.8 Å². The van der Waals surface area contributed by atoms with Crippen LogP contribution in [0.1, 0.15) is 24.2 Å². The van der Waals surface area contributed by atoms with E-state index in [1.165, 1.54) is 38.0 Å². The molecule has 148 valence electrons. The van der Waals surface area contributed by atoms with Gasteiger partial charge >= 0.3 is 0 Å². The topological polar surface area (TPSA) is 119 Å². The van der Waals surface area contributed by atoms with Gasteiger partial charge in [0.15, 0.2) is 19.7 Å². The van der Waals surface area contributed by atoms with E-state index in [4.69, 9.17) is 11.6 Å². The standard InChI is InChI=1S/C15H19ClN4O5S2/c1-9(2)27(24,25)13-11(26(5,22)23)7-6-10(12(13)16)14(21)19(3)15-17-8-18-20(15)4/h6-9H,1-5H3. The number of anilines is 1. The highest BCUT2D eigenvalue weighted by Crippen LogP contribution is 2.35. The van der Waals surface area contributed by atoms with Crippen molar-refractivity contribution >= 4 is 43.1 Å². The molecule has 0 aliphatic heterocycles. The van der Waals surface area contributed by atoms with Crippen LogP contribution in [0.15, 0.2) is 28.3 Å². The number of rotatable bonds is 5. The van der Waals surface area contributed by atoms with E-state index in [9.17, 15) is 21.6 Å². The van der Waals surface area contributed by atoms with Gasteiger partial charge in [0.05, 0.1) is 20.7 Å². The Morgan fingerprint density at radius 1 is 1.22 bits per heavy atom. The molecule has 27 heavy (non-hydrogen) atoms. The van der Waals surface area contributed by atoms with Crippen molar-refractivity contribution in [3.63, 3.8) is 0 Å². The zero-order valence-electron chi connectivity index (χ0n) is 15.3. The zero-order valence-corrected chi connectivity index (χ0v) is 17.7. The number of carbonyl (C=O) groups is 1. The molecule has 1 aromatic carbocycles. The van der Waals surface area contributed by atoms with Gasteiger partial charge in [-0.1, -0.05) is 11.6 Å². The van der Waals surface area contributed by atoms with Gasteiger partial charge in [-0.15, -0.1) is 0 Å². The number of halogens is 1. The van der Waals surface area contributed by atoms with Crippen LogP contribution in [0, 0.1) is 0 Å².